The molecule has 3 aromatic rings. The van der Waals surface area contributed by atoms with Crippen LogP contribution in [0.5, 0.6) is 5.75 Å². The van der Waals surface area contributed by atoms with Gasteiger partial charge < -0.3 is 10.1 Å². The third-order valence-electron chi connectivity index (χ3n) is 4.93. The highest BCUT2D eigenvalue weighted by atomic mass is 32.2. The Hall–Kier alpha value is -2.96. The standard InChI is InChI=1S/C20H22N6O4S2/c1-30-17-8-6-16(7-9-17)26-20(22-23-24-26)31-14-19(27)21-15-4-10-18(11-5-15)32(28,29)25-12-2-3-13-25/h4-11H,2-3,12-14H2,1H3,(H,21,27). The van der Waals surface area contributed by atoms with E-state index in [0.29, 0.717) is 23.9 Å². The van der Waals surface area contributed by atoms with Crippen molar-refractivity contribution in [3.8, 4) is 11.4 Å². The maximum atomic E-state index is 12.6. The van der Waals surface area contributed by atoms with Gasteiger partial charge in [-0.05, 0) is 71.8 Å². The lowest BCUT2D eigenvalue weighted by Gasteiger charge is -2.15. The van der Waals surface area contributed by atoms with Gasteiger partial charge in [0.15, 0.2) is 0 Å². The minimum atomic E-state index is -3.48. The number of carbonyl (C=O) groups is 1. The van der Waals surface area contributed by atoms with Crippen LogP contribution in [-0.4, -0.2) is 64.8 Å². The van der Waals surface area contributed by atoms with Gasteiger partial charge in [-0.25, -0.2) is 8.42 Å². The van der Waals surface area contributed by atoms with E-state index in [4.69, 9.17) is 4.74 Å². The van der Waals surface area contributed by atoms with Crippen molar-refractivity contribution in [2.24, 2.45) is 0 Å². The van der Waals surface area contributed by atoms with E-state index in [-0.39, 0.29) is 16.6 Å². The average molecular weight is 475 g/mol. The summed E-state index contributed by atoms with van der Waals surface area (Å²) >= 11 is 1.19. The maximum Gasteiger partial charge on any atom is 0.243 e. The Morgan fingerprint density at radius 3 is 2.44 bits per heavy atom. The molecule has 1 N–H and O–H groups in total. The van der Waals surface area contributed by atoms with E-state index in [1.807, 2.05) is 12.1 Å². The number of aromatic nitrogens is 4. The van der Waals surface area contributed by atoms with Crippen LogP contribution in [-0.2, 0) is 14.8 Å². The first kappa shape index (κ1) is 22.2. The first-order valence-corrected chi connectivity index (χ1v) is 12.4. The van der Waals surface area contributed by atoms with Gasteiger partial charge in [0.2, 0.25) is 21.1 Å². The Bertz CT molecular complexity index is 1170. The number of hydrogen-bond donors (Lipinski definition) is 1. The molecule has 0 bridgehead atoms. The quantitative estimate of drug-likeness (QED) is 0.494. The van der Waals surface area contributed by atoms with Gasteiger partial charge in [-0.2, -0.15) is 8.99 Å². The van der Waals surface area contributed by atoms with Crippen molar-refractivity contribution in [2.75, 3.05) is 31.3 Å². The van der Waals surface area contributed by atoms with Crippen molar-refractivity contribution in [2.45, 2.75) is 22.9 Å². The van der Waals surface area contributed by atoms with Crippen molar-refractivity contribution < 1.29 is 17.9 Å². The number of nitrogens with one attached hydrogen (secondary N) is 1. The minimum absolute atomic E-state index is 0.0877. The fraction of sp³-hybridized carbons (Fsp3) is 0.300. The Kier molecular flexibility index (Phi) is 6.72. The number of rotatable bonds is 8. The lowest BCUT2D eigenvalue weighted by atomic mass is 10.3. The number of nitrogens with zero attached hydrogens (tertiary/aromatic N) is 5. The van der Waals surface area contributed by atoms with Crippen molar-refractivity contribution in [3.05, 3.63) is 48.5 Å². The molecule has 12 heteroatoms. The number of ether oxygens (including phenoxy) is 1. The predicted octanol–water partition coefficient (Wildman–Crippen LogP) is 2.19. The summed E-state index contributed by atoms with van der Waals surface area (Å²) in [6, 6.07) is 13.4. The van der Waals surface area contributed by atoms with Crippen LogP contribution in [0.2, 0.25) is 0 Å². The summed E-state index contributed by atoms with van der Waals surface area (Å²) < 4.78 is 33.4. The summed E-state index contributed by atoms with van der Waals surface area (Å²) in [5.41, 5.74) is 1.26. The maximum absolute atomic E-state index is 12.6. The van der Waals surface area contributed by atoms with Gasteiger partial charge in [-0.3, -0.25) is 4.79 Å². The zero-order valence-corrected chi connectivity index (χ0v) is 19.0. The van der Waals surface area contributed by atoms with Crippen molar-refractivity contribution in [3.63, 3.8) is 0 Å². The van der Waals surface area contributed by atoms with Gasteiger partial charge in [-0.15, -0.1) is 5.10 Å². The molecule has 1 aliphatic rings. The van der Waals surface area contributed by atoms with Crippen molar-refractivity contribution in [1.82, 2.24) is 24.5 Å². The minimum Gasteiger partial charge on any atom is -0.497 e. The molecule has 1 saturated heterocycles. The molecule has 0 unspecified atom stereocenters. The first-order chi connectivity index (χ1) is 15.5. The summed E-state index contributed by atoms with van der Waals surface area (Å²) in [4.78, 5) is 12.6. The molecule has 1 aromatic heterocycles. The number of thioether (sulfide) groups is 1. The molecule has 0 saturated carbocycles. The molecule has 0 atom stereocenters. The summed E-state index contributed by atoms with van der Waals surface area (Å²) in [5.74, 6) is 0.550. The molecule has 1 fully saturated rings. The van der Waals surface area contributed by atoms with E-state index in [1.54, 1.807) is 31.4 Å². The molecule has 10 nitrogen and oxygen atoms in total. The molecule has 0 aliphatic carbocycles. The summed E-state index contributed by atoms with van der Waals surface area (Å²) in [5, 5.41) is 14.9. The normalized spacial score (nSPS) is 14.4. The third-order valence-corrected chi connectivity index (χ3v) is 7.76. The Morgan fingerprint density at radius 2 is 1.78 bits per heavy atom. The van der Waals surface area contributed by atoms with E-state index >= 15 is 0 Å². The van der Waals surface area contributed by atoms with Gasteiger partial charge in [0.25, 0.3) is 0 Å². The first-order valence-electron chi connectivity index (χ1n) is 9.93. The van der Waals surface area contributed by atoms with Crippen LogP contribution in [0.15, 0.2) is 58.6 Å². The van der Waals surface area contributed by atoms with Crippen LogP contribution in [0, 0.1) is 0 Å². The van der Waals surface area contributed by atoms with Crippen molar-refractivity contribution >= 4 is 33.4 Å². The number of amides is 1. The molecular weight excluding hydrogens is 452 g/mol. The number of carbonyl (C=O) groups excluding carboxylic acids is 1. The molecule has 0 spiro atoms. The van der Waals surface area contributed by atoms with Gasteiger partial charge in [0.1, 0.15) is 5.75 Å². The highest BCUT2D eigenvalue weighted by Crippen LogP contribution is 2.23. The van der Waals surface area contributed by atoms with Crippen LogP contribution in [0.1, 0.15) is 12.8 Å². The SMILES string of the molecule is COc1ccc(-n2nnnc2SCC(=O)Nc2ccc(S(=O)(=O)N3CCCC3)cc2)cc1. The lowest BCUT2D eigenvalue weighted by Crippen LogP contribution is -2.27. The van der Waals surface area contributed by atoms with Crippen LogP contribution in [0.3, 0.4) is 0 Å². The molecule has 2 aromatic carbocycles. The largest absolute Gasteiger partial charge is 0.497 e. The average Bonchev–Trinajstić information content (AvgIpc) is 3.51. The number of hydrogen-bond acceptors (Lipinski definition) is 8. The Balaban J connectivity index is 1.35. The molecule has 0 radical (unpaired) electrons. The third kappa shape index (κ3) is 4.92. The second kappa shape index (κ2) is 9.67. The lowest BCUT2D eigenvalue weighted by molar-refractivity contribution is -0.113. The smallest absolute Gasteiger partial charge is 0.243 e. The number of benzene rings is 2. The van der Waals surface area contributed by atoms with E-state index in [2.05, 4.69) is 20.8 Å². The van der Waals surface area contributed by atoms with E-state index in [1.165, 1.54) is 32.9 Å². The molecule has 4 rings (SSSR count). The fourth-order valence-corrected chi connectivity index (χ4v) is 5.48. The van der Waals surface area contributed by atoms with Crippen molar-refractivity contribution in [1.29, 1.82) is 0 Å². The number of anilines is 1. The molecular formula is C20H22N6O4S2. The predicted molar refractivity (Wildman–Crippen MR) is 119 cm³/mol. The van der Waals surface area contributed by atoms with E-state index in [9.17, 15) is 13.2 Å². The molecule has 32 heavy (non-hydrogen) atoms. The van der Waals surface area contributed by atoms with E-state index in [0.717, 1.165) is 24.3 Å². The monoisotopic (exact) mass is 474 g/mol. The summed E-state index contributed by atoms with van der Waals surface area (Å²) in [6.07, 6.45) is 1.76. The van der Waals surface area contributed by atoms with Gasteiger partial charge in [0.05, 0.1) is 23.4 Å². The number of tetrazole rings is 1. The number of sulfonamides is 1. The van der Waals surface area contributed by atoms with Gasteiger partial charge in [-0.1, -0.05) is 11.8 Å². The molecule has 2 heterocycles. The van der Waals surface area contributed by atoms with Gasteiger partial charge in [0, 0.05) is 18.8 Å². The van der Waals surface area contributed by atoms with Crippen LogP contribution >= 0.6 is 11.8 Å². The van der Waals surface area contributed by atoms with Crippen LogP contribution in [0.4, 0.5) is 5.69 Å². The second-order valence-corrected chi connectivity index (χ2v) is 9.92. The van der Waals surface area contributed by atoms with Gasteiger partial charge >= 0.3 is 0 Å². The molecule has 168 valence electrons. The zero-order chi connectivity index (χ0) is 22.6. The van der Waals surface area contributed by atoms with Crippen LogP contribution < -0.4 is 10.1 Å². The highest BCUT2D eigenvalue weighted by Gasteiger charge is 2.26. The second-order valence-electron chi connectivity index (χ2n) is 7.04. The molecule has 1 aliphatic heterocycles. The van der Waals surface area contributed by atoms with E-state index < -0.39 is 10.0 Å². The summed E-state index contributed by atoms with van der Waals surface area (Å²) in [6.45, 7) is 1.10. The Morgan fingerprint density at radius 1 is 1.09 bits per heavy atom. The highest BCUT2D eigenvalue weighted by molar-refractivity contribution is 7.99. The zero-order valence-electron chi connectivity index (χ0n) is 17.3. The summed E-state index contributed by atoms with van der Waals surface area (Å²) in [7, 11) is -1.89. The molecule has 1 amide bonds. The van der Waals surface area contributed by atoms with Crippen LogP contribution in [0.25, 0.3) is 5.69 Å². The number of methoxy groups -OCH3 is 1. The fourth-order valence-electron chi connectivity index (χ4n) is 3.27. The Labute approximate surface area is 190 Å². The topological polar surface area (TPSA) is 119 Å².